The summed E-state index contributed by atoms with van der Waals surface area (Å²) in [6.07, 6.45) is 0. The summed E-state index contributed by atoms with van der Waals surface area (Å²) in [4.78, 5) is 6.31. The number of nitrogens with zero attached hydrogens (tertiary/aromatic N) is 2. The summed E-state index contributed by atoms with van der Waals surface area (Å²) in [5.41, 5.74) is 8.34. The number of likely N-dealkylation sites (N-methyl/N-ethyl adjacent to an activating group) is 1. The molecule has 0 radical (unpaired) electrons. The molecule has 2 N–H and O–H groups in total. The fraction of sp³-hybridized carbons (Fsp3) is 0.364. The molecule has 0 saturated carbocycles. The smallest absolute Gasteiger partial charge is 0.298 e. The molecule has 0 unspecified atom stereocenters. The lowest BCUT2D eigenvalue weighted by molar-refractivity contribution is 0.582. The van der Waals surface area contributed by atoms with Crippen molar-refractivity contribution in [2.24, 2.45) is 5.73 Å². The minimum absolute atomic E-state index is 0.591. The Morgan fingerprint density at radius 1 is 1.47 bits per heavy atom. The highest BCUT2D eigenvalue weighted by Crippen LogP contribution is 2.23. The van der Waals surface area contributed by atoms with Crippen LogP contribution in [0.3, 0.4) is 0 Å². The Labute approximate surface area is 88.7 Å². The number of hydrogen-bond donors (Lipinski definition) is 1. The number of nitrogens with two attached hydrogens (primary N) is 1. The molecule has 0 aliphatic carbocycles. The molecule has 0 saturated heterocycles. The second-order valence-electron chi connectivity index (χ2n) is 3.63. The lowest BCUT2D eigenvalue weighted by atomic mass is 10.2. The molecule has 1 aromatic heterocycles. The molecule has 1 aromatic carbocycles. The van der Waals surface area contributed by atoms with Crippen molar-refractivity contribution < 1.29 is 4.42 Å². The highest BCUT2D eigenvalue weighted by atomic mass is 16.4. The highest BCUT2D eigenvalue weighted by molar-refractivity contribution is 5.77. The van der Waals surface area contributed by atoms with Crippen molar-refractivity contribution in [2.75, 3.05) is 25.0 Å². The summed E-state index contributed by atoms with van der Waals surface area (Å²) in [6.45, 7) is 3.35. The van der Waals surface area contributed by atoms with E-state index in [-0.39, 0.29) is 0 Å². The Hall–Kier alpha value is -1.55. The maximum Gasteiger partial charge on any atom is 0.298 e. The minimum atomic E-state index is 0.591. The third-order valence-electron chi connectivity index (χ3n) is 2.39. The number of benzene rings is 1. The number of aryl methyl sites for hydroxylation is 1. The van der Waals surface area contributed by atoms with Crippen LogP contribution in [-0.4, -0.2) is 25.1 Å². The second kappa shape index (κ2) is 3.90. The average molecular weight is 205 g/mol. The first kappa shape index (κ1) is 9.98. The first-order chi connectivity index (χ1) is 7.22. The van der Waals surface area contributed by atoms with Crippen LogP contribution in [0.15, 0.2) is 22.6 Å². The quantitative estimate of drug-likeness (QED) is 0.825. The molecule has 0 aliphatic heterocycles. The zero-order chi connectivity index (χ0) is 10.8. The molecular weight excluding hydrogens is 190 g/mol. The van der Waals surface area contributed by atoms with Gasteiger partial charge < -0.3 is 15.1 Å². The predicted octanol–water partition coefficient (Wildman–Crippen LogP) is 1.53. The molecule has 1 heterocycles. The molecule has 0 spiro atoms. The van der Waals surface area contributed by atoms with E-state index >= 15 is 0 Å². The topological polar surface area (TPSA) is 55.3 Å². The minimum Gasteiger partial charge on any atom is -0.423 e. The molecule has 2 aromatic rings. The van der Waals surface area contributed by atoms with E-state index in [0.717, 1.165) is 23.2 Å². The van der Waals surface area contributed by atoms with E-state index in [1.165, 1.54) is 0 Å². The van der Waals surface area contributed by atoms with Gasteiger partial charge in [0.1, 0.15) is 5.52 Å². The zero-order valence-electron chi connectivity index (χ0n) is 9.03. The van der Waals surface area contributed by atoms with Crippen LogP contribution in [0.4, 0.5) is 6.01 Å². The van der Waals surface area contributed by atoms with Crippen LogP contribution in [-0.2, 0) is 0 Å². The van der Waals surface area contributed by atoms with Gasteiger partial charge in [-0.2, -0.15) is 4.98 Å². The maximum atomic E-state index is 5.67. The van der Waals surface area contributed by atoms with Gasteiger partial charge in [-0.15, -0.1) is 0 Å². The Bertz CT molecular complexity index is 464. The van der Waals surface area contributed by atoms with Gasteiger partial charge in [0.15, 0.2) is 5.58 Å². The van der Waals surface area contributed by atoms with Gasteiger partial charge in [-0.25, -0.2) is 0 Å². The molecule has 4 nitrogen and oxygen atoms in total. The number of oxazole rings is 1. The van der Waals surface area contributed by atoms with Crippen molar-refractivity contribution in [3.63, 3.8) is 0 Å². The van der Waals surface area contributed by atoms with Crippen molar-refractivity contribution in [1.29, 1.82) is 0 Å². The van der Waals surface area contributed by atoms with E-state index in [1.54, 1.807) is 0 Å². The summed E-state index contributed by atoms with van der Waals surface area (Å²) in [5, 5.41) is 0. The molecule has 2 rings (SSSR count). The third kappa shape index (κ3) is 1.80. The molecule has 0 atom stereocenters. The van der Waals surface area contributed by atoms with Gasteiger partial charge in [-0.1, -0.05) is 12.1 Å². The SMILES string of the molecule is Cc1cccc2nc(N(C)CCN)oc12. The number of anilines is 1. The molecular formula is C11H15N3O. The van der Waals surface area contributed by atoms with Crippen molar-refractivity contribution in [3.05, 3.63) is 23.8 Å². The Morgan fingerprint density at radius 3 is 2.93 bits per heavy atom. The second-order valence-corrected chi connectivity index (χ2v) is 3.63. The van der Waals surface area contributed by atoms with Gasteiger partial charge >= 0.3 is 0 Å². The van der Waals surface area contributed by atoms with E-state index in [2.05, 4.69) is 4.98 Å². The Balaban J connectivity index is 2.43. The standard InChI is InChI=1S/C11H15N3O/c1-8-4-3-5-9-10(8)15-11(13-9)14(2)7-6-12/h3-5H,6-7,12H2,1-2H3. The number of aromatic nitrogens is 1. The number of fused-ring (bicyclic) bond motifs is 1. The van der Waals surface area contributed by atoms with Gasteiger partial charge in [0, 0.05) is 20.1 Å². The van der Waals surface area contributed by atoms with Crippen LogP contribution in [0.2, 0.25) is 0 Å². The normalized spacial score (nSPS) is 10.9. The summed E-state index contributed by atoms with van der Waals surface area (Å²) < 4.78 is 5.67. The molecule has 4 heteroatoms. The largest absolute Gasteiger partial charge is 0.423 e. The number of rotatable bonds is 3. The highest BCUT2D eigenvalue weighted by Gasteiger charge is 2.10. The fourth-order valence-electron chi connectivity index (χ4n) is 1.53. The van der Waals surface area contributed by atoms with E-state index in [4.69, 9.17) is 10.2 Å². The van der Waals surface area contributed by atoms with Crippen LogP contribution in [0.5, 0.6) is 0 Å². The van der Waals surface area contributed by atoms with Crippen LogP contribution in [0.25, 0.3) is 11.1 Å². The first-order valence-corrected chi connectivity index (χ1v) is 4.99. The average Bonchev–Trinajstić information content (AvgIpc) is 2.63. The van der Waals surface area contributed by atoms with Gasteiger partial charge in [-0.3, -0.25) is 0 Å². The van der Waals surface area contributed by atoms with Gasteiger partial charge in [0.2, 0.25) is 0 Å². The molecule has 0 fully saturated rings. The fourth-order valence-corrected chi connectivity index (χ4v) is 1.53. The number of hydrogen-bond acceptors (Lipinski definition) is 4. The van der Waals surface area contributed by atoms with Gasteiger partial charge in [0.25, 0.3) is 6.01 Å². The monoisotopic (exact) mass is 205 g/mol. The Kier molecular flexibility index (Phi) is 2.60. The molecule has 0 bridgehead atoms. The lowest BCUT2D eigenvalue weighted by Gasteiger charge is -2.11. The summed E-state index contributed by atoms with van der Waals surface area (Å²) in [5.74, 6) is 0. The van der Waals surface area contributed by atoms with Crippen molar-refractivity contribution in [3.8, 4) is 0 Å². The summed E-state index contributed by atoms with van der Waals surface area (Å²) in [7, 11) is 1.92. The predicted molar refractivity (Wildman–Crippen MR) is 61.1 cm³/mol. The van der Waals surface area contributed by atoms with Crippen molar-refractivity contribution in [1.82, 2.24) is 4.98 Å². The Morgan fingerprint density at radius 2 is 2.27 bits per heavy atom. The van der Waals surface area contributed by atoms with Crippen molar-refractivity contribution in [2.45, 2.75) is 6.92 Å². The van der Waals surface area contributed by atoms with E-state index in [1.807, 2.05) is 37.1 Å². The first-order valence-electron chi connectivity index (χ1n) is 4.99. The van der Waals surface area contributed by atoms with Crippen LogP contribution in [0.1, 0.15) is 5.56 Å². The van der Waals surface area contributed by atoms with Crippen molar-refractivity contribution >= 4 is 17.1 Å². The van der Waals surface area contributed by atoms with Crippen LogP contribution in [0, 0.1) is 6.92 Å². The summed E-state index contributed by atoms with van der Waals surface area (Å²) >= 11 is 0. The van der Waals surface area contributed by atoms with Gasteiger partial charge in [-0.05, 0) is 18.6 Å². The molecule has 0 aliphatic rings. The lowest BCUT2D eigenvalue weighted by Crippen LogP contribution is -2.25. The van der Waals surface area contributed by atoms with E-state index in [0.29, 0.717) is 12.6 Å². The number of para-hydroxylation sites is 1. The molecule has 0 amide bonds. The maximum absolute atomic E-state index is 5.67. The molecule has 15 heavy (non-hydrogen) atoms. The molecule has 80 valence electrons. The summed E-state index contributed by atoms with van der Waals surface area (Å²) in [6, 6.07) is 6.57. The zero-order valence-corrected chi connectivity index (χ0v) is 9.03. The van der Waals surface area contributed by atoms with Crippen LogP contribution >= 0.6 is 0 Å². The third-order valence-corrected chi connectivity index (χ3v) is 2.39. The van der Waals surface area contributed by atoms with E-state index < -0.39 is 0 Å². The van der Waals surface area contributed by atoms with Gasteiger partial charge in [0.05, 0.1) is 0 Å². The van der Waals surface area contributed by atoms with Crippen LogP contribution < -0.4 is 10.6 Å². The van der Waals surface area contributed by atoms with E-state index in [9.17, 15) is 0 Å².